The van der Waals surface area contributed by atoms with Crippen molar-refractivity contribution in [1.29, 1.82) is 0 Å². The Balaban J connectivity index is 4.08. The Kier molecular flexibility index (Phi) is 10.5. The van der Waals surface area contributed by atoms with E-state index in [1.165, 1.54) is 32.1 Å². The summed E-state index contributed by atoms with van der Waals surface area (Å²) >= 11 is 0. The van der Waals surface area contributed by atoms with E-state index in [1.54, 1.807) is 4.90 Å². The maximum absolute atomic E-state index is 12.2. The van der Waals surface area contributed by atoms with Gasteiger partial charge in [-0.25, -0.2) is 4.79 Å². The van der Waals surface area contributed by atoms with E-state index < -0.39 is 5.60 Å². The van der Waals surface area contributed by atoms with Gasteiger partial charge in [0.25, 0.3) is 0 Å². The number of carbonyl (C=O) groups is 1. The normalized spacial score (nSPS) is 13.3. The first kappa shape index (κ1) is 21.2. The average Bonchev–Trinajstić information content (AvgIpc) is 2.37. The largest absolute Gasteiger partial charge is 0.444 e. The van der Waals surface area contributed by atoms with E-state index >= 15 is 0 Å². The van der Waals surface area contributed by atoms with Crippen molar-refractivity contribution in [3.63, 3.8) is 0 Å². The Morgan fingerprint density at radius 1 is 1.14 bits per heavy atom. The SMILES string of the molecule is CCCCCCC(C)NCCN(C(=O)OC(C)(C)C)C(C)C. The fourth-order valence-corrected chi connectivity index (χ4v) is 2.29. The van der Waals surface area contributed by atoms with Crippen molar-refractivity contribution in [2.24, 2.45) is 0 Å². The highest BCUT2D eigenvalue weighted by atomic mass is 16.6. The summed E-state index contributed by atoms with van der Waals surface area (Å²) in [4.78, 5) is 14.0. The number of rotatable bonds is 10. The summed E-state index contributed by atoms with van der Waals surface area (Å²) < 4.78 is 5.47. The molecule has 1 unspecified atom stereocenters. The second-order valence-corrected chi connectivity index (χ2v) is 7.47. The van der Waals surface area contributed by atoms with Crippen molar-refractivity contribution in [2.45, 2.75) is 98.3 Å². The molecule has 0 aliphatic carbocycles. The number of nitrogens with zero attached hydrogens (tertiary/aromatic N) is 1. The summed E-state index contributed by atoms with van der Waals surface area (Å²) in [6.45, 7) is 15.7. The summed E-state index contributed by atoms with van der Waals surface area (Å²) in [6.07, 6.45) is 6.18. The van der Waals surface area contributed by atoms with Crippen LogP contribution in [0.3, 0.4) is 0 Å². The summed E-state index contributed by atoms with van der Waals surface area (Å²) in [5, 5.41) is 3.51. The number of hydrogen-bond donors (Lipinski definition) is 1. The van der Waals surface area contributed by atoms with Gasteiger partial charge in [-0.2, -0.15) is 0 Å². The predicted octanol–water partition coefficient (Wildman–Crippen LogP) is 4.58. The highest BCUT2D eigenvalue weighted by Crippen LogP contribution is 2.11. The molecule has 4 heteroatoms. The standard InChI is InChI=1S/C18H38N2O2/c1-8-9-10-11-12-16(4)19-13-14-20(15(2)3)17(21)22-18(5,6)7/h15-16,19H,8-14H2,1-7H3. The zero-order valence-electron chi connectivity index (χ0n) is 15.9. The molecule has 0 aromatic rings. The van der Waals surface area contributed by atoms with Gasteiger partial charge in [-0.15, -0.1) is 0 Å². The second kappa shape index (κ2) is 10.9. The summed E-state index contributed by atoms with van der Waals surface area (Å²) in [5.41, 5.74) is -0.440. The molecule has 0 heterocycles. The Morgan fingerprint density at radius 2 is 1.77 bits per heavy atom. The van der Waals surface area contributed by atoms with Crippen molar-refractivity contribution in [2.75, 3.05) is 13.1 Å². The van der Waals surface area contributed by atoms with Crippen molar-refractivity contribution < 1.29 is 9.53 Å². The Morgan fingerprint density at radius 3 is 2.27 bits per heavy atom. The smallest absolute Gasteiger partial charge is 0.410 e. The van der Waals surface area contributed by atoms with Crippen molar-refractivity contribution in [1.82, 2.24) is 10.2 Å². The third kappa shape index (κ3) is 10.9. The predicted molar refractivity (Wildman–Crippen MR) is 94.3 cm³/mol. The number of carbonyl (C=O) groups excluding carboxylic acids is 1. The topological polar surface area (TPSA) is 41.6 Å². The van der Waals surface area contributed by atoms with Crippen molar-refractivity contribution >= 4 is 6.09 Å². The number of amides is 1. The first-order chi connectivity index (χ1) is 10.2. The third-order valence-electron chi connectivity index (χ3n) is 3.59. The van der Waals surface area contributed by atoms with Crippen molar-refractivity contribution in [3.8, 4) is 0 Å². The molecule has 0 aliphatic heterocycles. The van der Waals surface area contributed by atoms with Crippen LogP contribution in [0.5, 0.6) is 0 Å². The highest BCUT2D eigenvalue weighted by Gasteiger charge is 2.23. The minimum atomic E-state index is -0.440. The Hall–Kier alpha value is -0.770. The molecule has 0 aliphatic rings. The van der Waals surface area contributed by atoms with Gasteiger partial charge in [0.05, 0.1) is 0 Å². The van der Waals surface area contributed by atoms with Gasteiger partial charge in [0.1, 0.15) is 5.60 Å². The second-order valence-electron chi connectivity index (χ2n) is 7.47. The summed E-state index contributed by atoms with van der Waals surface area (Å²) in [7, 11) is 0. The van der Waals surface area contributed by atoms with Gasteiger partial charge in [0, 0.05) is 25.2 Å². The first-order valence-corrected chi connectivity index (χ1v) is 8.90. The molecule has 0 rings (SSSR count). The molecule has 0 saturated carbocycles. The van der Waals surface area contributed by atoms with Crippen LogP contribution in [0.2, 0.25) is 0 Å². The molecule has 0 bridgehead atoms. The van der Waals surface area contributed by atoms with Gasteiger partial charge >= 0.3 is 6.09 Å². The molecule has 132 valence electrons. The molecule has 0 fully saturated rings. The zero-order valence-corrected chi connectivity index (χ0v) is 15.9. The van der Waals surface area contributed by atoms with E-state index in [9.17, 15) is 4.79 Å². The third-order valence-corrected chi connectivity index (χ3v) is 3.59. The van der Waals surface area contributed by atoms with E-state index in [4.69, 9.17) is 4.74 Å². The Bertz CT molecular complexity index is 298. The van der Waals surface area contributed by atoms with Gasteiger partial charge in [-0.1, -0.05) is 32.6 Å². The molecule has 0 radical (unpaired) electrons. The molecule has 1 amide bonds. The molecular formula is C18H38N2O2. The van der Waals surface area contributed by atoms with Gasteiger partial charge in [0.2, 0.25) is 0 Å². The molecule has 1 N–H and O–H groups in total. The van der Waals surface area contributed by atoms with Crippen LogP contribution in [-0.4, -0.2) is 41.8 Å². The van der Waals surface area contributed by atoms with E-state index in [0.29, 0.717) is 12.6 Å². The molecule has 0 aromatic heterocycles. The van der Waals surface area contributed by atoms with Crippen LogP contribution in [0.1, 0.15) is 80.6 Å². The summed E-state index contributed by atoms with van der Waals surface area (Å²) in [6, 6.07) is 0.654. The molecule has 0 saturated heterocycles. The quantitative estimate of drug-likeness (QED) is 0.600. The number of ether oxygens (including phenoxy) is 1. The number of unbranched alkanes of at least 4 members (excludes halogenated alkanes) is 3. The lowest BCUT2D eigenvalue weighted by Gasteiger charge is -2.30. The van der Waals surface area contributed by atoms with Gasteiger partial charge in [-0.05, 0) is 48.0 Å². The van der Waals surface area contributed by atoms with Crippen LogP contribution in [0, 0.1) is 0 Å². The highest BCUT2D eigenvalue weighted by molar-refractivity contribution is 5.68. The van der Waals surface area contributed by atoms with E-state index in [1.807, 2.05) is 34.6 Å². The molecule has 0 aromatic carbocycles. The van der Waals surface area contributed by atoms with E-state index in [0.717, 1.165) is 6.54 Å². The van der Waals surface area contributed by atoms with Crippen LogP contribution in [0.4, 0.5) is 4.79 Å². The van der Waals surface area contributed by atoms with Crippen LogP contribution in [0.15, 0.2) is 0 Å². The van der Waals surface area contributed by atoms with Crippen molar-refractivity contribution in [3.05, 3.63) is 0 Å². The minimum Gasteiger partial charge on any atom is -0.444 e. The summed E-state index contributed by atoms with van der Waals surface area (Å²) in [5.74, 6) is 0. The molecule has 22 heavy (non-hydrogen) atoms. The fraction of sp³-hybridized carbons (Fsp3) is 0.944. The van der Waals surface area contributed by atoms with Gasteiger partial charge < -0.3 is 15.0 Å². The molecule has 0 spiro atoms. The van der Waals surface area contributed by atoms with Gasteiger partial charge in [-0.3, -0.25) is 0 Å². The monoisotopic (exact) mass is 314 g/mol. The van der Waals surface area contributed by atoms with Gasteiger partial charge in [0.15, 0.2) is 0 Å². The lowest BCUT2D eigenvalue weighted by atomic mass is 10.1. The van der Waals surface area contributed by atoms with E-state index in [2.05, 4.69) is 19.2 Å². The number of hydrogen-bond acceptors (Lipinski definition) is 3. The van der Waals surface area contributed by atoms with Crippen LogP contribution >= 0.6 is 0 Å². The molecule has 4 nitrogen and oxygen atoms in total. The van der Waals surface area contributed by atoms with Crippen LogP contribution < -0.4 is 5.32 Å². The number of nitrogens with one attached hydrogen (secondary N) is 1. The van der Waals surface area contributed by atoms with E-state index in [-0.39, 0.29) is 12.1 Å². The zero-order chi connectivity index (χ0) is 17.2. The minimum absolute atomic E-state index is 0.150. The maximum atomic E-state index is 12.2. The average molecular weight is 315 g/mol. The van der Waals surface area contributed by atoms with Crippen LogP contribution in [0.25, 0.3) is 0 Å². The maximum Gasteiger partial charge on any atom is 0.410 e. The lowest BCUT2D eigenvalue weighted by molar-refractivity contribution is 0.0192. The molecular weight excluding hydrogens is 276 g/mol. The van der Waals surface area contributed by atoms with Crippen LogP contribution in [-0.2, 0) is 4.74 Å². The molecule has 1 atom stereocenters. The first-order valence-electron chi connectivity index (χ1n) is 8.90. The Labute approximate surface area is 138 Å². The fourth-order valence-electron chi connectivity index (χ4n) is 2.29. The lowest BCUT2D eigenvalue weighted by Crippen LogP contribution is -2.45.